The Bertz CT molecular complexity index is 916. The molecule has 2 heterocycles. The fourth-order valence-corrected chi connectivity index (χ4v) is 2.33. The van der Waals surface area contributed by atoms with Gasteiger partial charge < -0.3 is 13.6 Å². The number of hydrogen-bond donors (Lipinski definition) is 0. The van der Waals surface area contributed by atoms with Gasteiger partial charge in [-0.15, -0.1) is 0 Å². The fraction of sp³-hybridized carbons (Fsp3) is 0.167. The highest BCUT2D eigenvalue weighted by molar-refractivity contribution is 6.31. The van der Waals surface area contributed by atoms with Gasteiger partial charge in [0.25, 0.3) is 0 Å². The quantitative estimate of drug-likeness (QED) is 0.628. The van der Waals surface area contributed by atoms with Crippen molar-refractivity contribution >= 4 is 22.6 Å². The van der Waals surface area contributed by atoms with E-state index in [1.54, 1.807) is 24.3 Å². The summed E-state index contributed by atoms with van der Waals surface area (Å²) in [6.07, 6.45) is 4.91. The van der Waals surface area contributed by atoms with Gasteiger partial charge in [0.1, 0.15) is 18.5 Å². The fourth-order valence-electron chi connectivity index (χ4n) is 2.16. The van der Waals surface area contributed by atoms with Crippen LogP contribution in [0.5, 0.6) is 5.75 Å². The molecule has 23 heavy (non-hydrogen) atoms. The van der Waals surface area contributed by atoms with Gasteiger partial charge in [0, 0.05) is 5.02 Å². The van der Waals surface area contributed by atoms with Crippen LogP contribution in [-0.4, -0.2) is 6.61 Å². The van der Waals surface area contributed by atoms with Crippen molar-refractivity contribution in [2.45, 2.75) is 13.8 Å². The Kier molecular flexibility index (Phi) is 4.26. The molecule has 0 spiro atoms. The lowest BCUT2D eigenvalue weighted by Crippen LogP contribution is -2.10. The van der Waals surface area contributed by atoms with Crippen LogP contribution in [0.2, 0.25) is 5.02 Å². The molecule has 0 atom stereocenters. The Hall–Kier alpha value is -2.46. The minimum atomic E-state index is -0.257. The molecule has 0 fully saturated rings. The highest BCUT2D eigenvalue weighted by Crippen LogP contribution is 2.32. The van der Waals surface area contributed by atoms with Gasteiger partial charge in [-0.3, -0.25) is 4.79 Å². The standard InChI is InChI=1S/C18H15ClO4/c1-11(2)5-8-22-18-16(20)14-9-13(19)3-4-15(14)23-17(18)12-6-7-21-10-12/h3-7,9-10H,8H2,1-2H3. The highest BCUT2D eigenvalue weighted by Gasteiger charge is 2.18. The molecule has 0 bridgehead atoms. The van der Waals surface area contributed by atoms with E-state index in [4.69, 9.17) is 25.2 Å². The average molecular weight is 331 g/mol. The monoisotopic (exact) mass is 330 g/mol. The van der Waals surface area contributed by atoms with Crippen molar-refractivity contribution in [2.24, 2.45) is 0 Å². The summed E-state index contributed by atoms with van der Waals surface area (Å²) >= 11 is 5.98. The summed E-state index contributed by atoms with van der Waals surface area (Å²) in [6, 6.07) is 6.64. The summed E-state index contributed by atoms with van der Waals surface area (Å²) in [5.74, 6) is 0.499. The maximum atomic E-state index is 12.8. The zero-order valence-corrected chi connectivity index (χ0v) is 13.5. The second-order valence-electron chi connectivity index (χ2n) is 5.33. The SMILES string of the molecule is CC(C)=CCOc1c(-c2ccoc2)oc2ccc(Cl)cc2c1=O. The Balaban J connectivity index is 2.20. The number of hydrogen-bond acceptors (Lipinski definition) is 4. The van der Waals surface area contributed by atoms with E-state index < -0.39 is 0 Å². The normalized spacial score (nSPS) is 10.7. The molecule has 0 saturated heterocycles. The molecule has 0 saturated carbocycles. The molecule has 3 rings (SSSR count). The average Bonchev–Trinajstić information content (AvgIpc) is 3.03. The predicted molar refractivity (Wildman–Crippen MR) is 90.1 cm³/mol. The van der Waals surface area contributed by atoms with Gasteiger partial charge in [0.2, 0.25) is 11.2 Å². The molecule has 0 aliphatic rings. The van der Waals surface area contributed by atoms with Crippen LogP contribution >= 0.6 is 11.6 Å². The van der Waals surface area contributed by atoms with Crippen LogP contribution in [0.25, 0.3) is 22.3 Å². The molecule has 2 aromatic heterocycles. The van der Waals surface area contributed by atoms with Gasteiger partial charge in [-0.2, -0.15) is 0 Å². The van der Waals surface area contributed by atoms with Crippen LogP contribution in [0.3, 0.4) is 0 Å². The van der Waals surface area contributed by atoms with Crippen molar-refractivity contribution in [3.63, 3.8) is 0 Å². The Labute approximate surface area is 137 Å². The molecule has 118 valence electrons. The maximum Gasteiger partial charge on any atom is 0.235 e. The summed E-state index contributed by atoms with van der Waals surface area (Å²) < 4.78 is 16.6. The van der Waals surface area contributed by atoms with Crippen LogP contribution in [0, 0.1) is 0 Å². The Morgan fingerprint density at radius 3 is 2.83 bits per heavy atom. The van der Waals surface area contributed by atoms with Crippen molar-refractivity contribution in [2.75, 3.05) is 6.61 Å². The third-order valence-corrected chi connectivity index (χ3v) is 3.55. The number of benzene rings is 1. The van der Waals surface area contributed by atoms with Gasteiger partial charge in [0.05, 0.1) is 17.2 Å². The van der Waals surface area contributed by atoms with Crippen LogP contribution in [0.4, 0.5) is 0 Å². The van der Waals surface area contributed by atoms with E-state index in [0.29, 0.717) is 27.3 Å². The topological polar surface area (TPSA) is 52.6 Å². The molecule has 0 radical (unpaired) electrons. The van der Waals surface area contributed by atoms with Crippen molar-refractivity contribution < 1.29 is 13.6 Å². The summed E-state index contributed by atoms with van der Waals surface area (Å²) in [6.45, 7) is 4.20. The molecule has 3 aromatic rings. The van der Waals surface area contributed by atoms with Crippen LogP contribution in [-0.2, 0) is 0 Å². The molecule has 4 nitrogen and oxygen atoms in total. The summed E-state index contributed by atoms with van der Waals surface area (Å²) in [5, 5.41) is 0.855. The molecule has 1 aromatic carbocycles. The largest absolute Gasteiger partial charge is 0.482 e. The molecule has 5 heteroatoms. The lowest BCUT2D eigenvalue weighted by atomic mass is 10.1. The van der Waals surface area contributed by atoms with Crippen molar-refractivity contribution in [1.82, 2.24) is 0 Å². The molecule has 0 amide bonds. The van der Waals surface area contributed by atoms with E-state index in [9.17, 15) is 4.79 Å². The maximum absolute atomic E-state index is 12.8. The minimum absolute atomic E-state index is 0.152. The van der Waals surface area contributed by atoms with Gasteiger partial charge in [-0.25, -0.2) is 0 Å². The number of ether oxygens (including phenoxy) is 1. The number of furan rings is 1. The van der Waals surface area contributed by atoms with Crippen LogP contribution < -0.4 is 10.2 Å². The predicted octanol–water partition coefficient (Wildman–Crippen LogP) is 5.05. The van der Waals surface area contributed by atoms with Crippen molar-refractivity contribution in [3.05, 3.63) is 63.7 Å². The van der Waals surface area contributed by atoms with E-state index in [2.05, 4.69) is 0 Å². The molecule has 0 N–H and O–H groups in total. The summed E-state index contributed by atoms with van der Waals surface area (Å²) in [4.78, 5) is 12.8. The minimum Gasteiger partial charge on any atom is -0.482 e. The second kappa shape index (κ2) is 6.34. The lowest BCUT2D eigenvalue weighted by molar-refractivity contribution is 0.350. The van der Waals surface area contributed by atoms with Crippen LogP contribution in [0.1, 0.15) is 13.8 Å². The first-order chi connectivity index (χ1) is 11.1. The van der Waals surface area contributed by atoms with Gasteiger partial charge in [-0.1, -0.05) is 17.2 Å². The Morgan fingerprint density at radius 2 is 2.13 bits per heavy atom. The van der Waals surface area contributed by atoms with Crippen molar-refractivity contribution in [1.29, 1.82) is 0 Å². The molecule has 0 aliphatic heterocycles. The summed E-state index contributed by atoms with van der Waals surface area (Å²) in [5.41, 5.74) is 1.94. The number of allylic oxidation sites excluding steroid dienone is 1. The van der Waals surface area contributed by atoms with E-state index in [1.807, 2.05) is 19.9 Å². The van der Waals surface area contributed by atoms with E-state index in [1.165, 1.54) is 12.5 Å². The molecule has 0 aliphatic carbocycles. The molecular weight excluding hydrogens is 316 g/mol. The first-order valence-corrected chi connectivity index (χ1v) is 7.49. The first kappa shape index (κ1) is 15.4. The zero-order chi connectivity index (χ0) is 16.4. The van der Waals surface area contributed by atoms with Gasteiger partial charge >= 0.3 is 0 Å². The molecule has 0 unspecified atom stereocenters. The number of fused-ring (bicyclic) bond motifs is 1. The lowest BCUT2D eigenvalue weighted by Gasteiger charge is -2.09. The smallest absolute Gasteiger partial charge is 0.235 e. The third kappa shape index (κ3) is 3.17. The summed E-state index contributed by atoms with van der Waals surface area (Å²) in [7, 11) is 0. The third-order valence-electron chi connectivity index (χ3n) is 3.31. The van der Waals surface area contributed by atoms with Gasteiger partial charge in [0.15, 0.2) is 5.76 Å². The second-order valence-corrected chi connectivity index (χ2v) is 5.77. The van der Waals surface area contributed by atoms with E-state index in [-0.39, 0.29) is 17.8 Å². The highest BCUT2D eigenvalue weighted by atomic mass is 35.5. The van der Waals surface area contributed by atoms with E-state index >= 15 is 0 Å². The van der Waals surface area contributed by atoms with Crippen LogP contribution in [0.15, 0.2) is 62.1 Å². The number of halogens is 1. The number of rotatable bonds is 4. The molecular formula is C18H15ClO4. The van der Waals surface area contributed by atoms with E-state index in [0.717, 1.165) is 5.57 Å². The zero-order valence-electron chi connectivity index (χ0n) is 12.8. The Morgan fingerprint density at radius 1 is 1.30 bits per heavy atom. The van der Waals surface area contributed by atoms with Gasteiger partial charge in [-0.05, 0) is 44.2 Å². The first-order valence-electron chi connectivity index (χ1n) is 7.11. The van der Waals surface area contributed by atoms with Crippen molar-refractivity contribution in [3.8, 4) is 17.1 Å².